The fourth-order valence-corrected chi connectivity index (χ4v) is 7.88. The topological polar surface area (TPSA) is 130 Å². The van der Waals surface area contributed by atoms with Gasteiger partial charge < -0.3 is 26.0 Å². The molecule has 0 spiro atoms. The van der Waals surface area contributed by atoms with Gasteiger partial charge >= 0.3 is 6.18 Å². The Balaban J connectivity index is 1.27. The van der Waals surface area contributed by atoms with Crippen LogP contribution < -0.4 is 26.0 Å². The molecule has 0 unspecified atom stereocenters. The average Bonchev–Trinajstić information content (AvgIpc) is 3.07. The minimum absolute atomic E-state index is 0.0372. The second-order valence-corrected chi connectivity index (χ2v) is 14.4. The molecule has 10 nitrogen and oxygen atoms in total. The van der Waals surface area contributed by atoms with Gasteiger partial charge in [-0.05, 0) is 98.8 Å². The van der Waals surface area contributed by atoms with E-state index in [9.17, 15) is 26.4 Å². The minimum Gasteiger partial charge on any atom is -0.495 e. The van der Waals surface area contributed by atoms with E-state index in [4.69, 9.17) is 22.1 Å². The maximum Gasteiger partial charge on any atom is 0.416 e. The number of amides is 1. The van der Waals surface area contributed by atoms with Crippen molar-refractivity contribution in [1.82, 2.24) is 19.9 Å². The number of rotatable bonds is 12. The number of nitrogens with one attached hydrogen (secondary N) is 2. The van der Waals surface area contributed by atoms with Gasteiger partial charge in [0, 0.05) is 38.3 Å². The lowest BCUT2D eigenvalue weighted by Crippen LogP contribution is -2.49. The van der Waals surface area contributed by atoms with Crippen molar-refractivity contribution in [2.24, 2.45) is 11.7 Å². The molecule has 0 atom stereocenters. The Labute approximate surface area is 283 Å². The third-order valence-electron chi connectivity index (χ3n) is 8.85. The van der Waals surface area contributed by atoms with E-state index in [1.807, 2.05) is 6.07 Å². The van der Waals surface area contributed by atoms with Crippen LogP contribution in [0.3, 0.4) is 0 Å². The van der Waals surface area contributed by atoms with E-state index in [1.54, 1.807) is 23.1 Å². The number of carbonyl (C=O) groups excluding carboxylic acids is 1. The van der Waals surface area contributed by atoms with Gasteiger partial charge in [0.2, 0.25) is 10.0 Å². The number of piperidine rings is 1. The fourth-order valence-electron chi connectivity index (χ4n) is 6.25. The number of pyridine rings is 1. The number of halogens is 4. The number of nitrogens with two attached hydrogens (primary N) is 1. The molecule has 0 bridgehead atoms. The van der Waals surface area contributed by atoms with Crippen molar-refractivity contribution in [2.45, 2.75) is 43.3 Å². The Kier molecular flexibility index (Phi) is 11.5. The molecule has 4 N–H and O–H groups in total. The SMILES string of the molecule is COc1c(C(N)=O)cc(CNCCCC2CCNCC2)cc1-c1ccc(S(=O)(=O)N2CCN(c3cc(C(F)(F)F)cc(Cl)n3)CC2)cc1. The first kappa shape index (κ1) is 35.9. The lowest BCUT2D eigenvalue weighted by molar-refractivity contribution is -0.137. The van der Waals surface area contributed by atoms with Gasteiger partial charge in [0.15, 0.2) is 0 Å². The number of hydrogen-bond acceptors (Lipinski definition) is 8. The zero-order chi connectivity index (χ0) is 34.5. The van der Waals surface area contributed by atoms with Gasteiger partial charge in [-0.1, -0.05) is 23.7 Å². The van der Waals surface area contributed by atoms with E-state index < -0.39 is 27.7 Å². The van der Waals surface area contributed by atoms with E-state index in [-0.39, 0.29) is 47.6 Å². The smallest absolute Gasteiger partial charge is 0.416 e. The maximum atomic E-state index is 13.5. The molecule has 3 heterocycles. The summed E-state index contributed by atoms with van der Waals surface area (Å²) in [5.74, 6) is 0.448. The molecule has 1 amide bonds. The van der Waals surface area contributed by atoms with Crippen molar-refractivity contribution >= 4 is 33.3 Å². The highest BCUT2D eigenvalue weighted by molar-refractivity contribution is 7.89. The predicted octanol–water partition coefficient (Wildman–Crippen LogP) is 4.91. The predicted molar refractivity (Wildman–Crippen MR) is 179 cm³/mol. The number of primary amides is 1. The monoisotopic (exact) mass is 708 g/mol. The molecular formula is C33H40ClF3N6O4S. The number of hydrogen-bond donors (Lipinski definition) is 3. The van der Waals surface area contributed by atoms with Crippen molar-refractivity contribution < 1.29 is 31.1 Å². The number of benzene rings is 2. The summed E-state index contributed by atoms with van der Waals surface area (Å²) < 4.78 is 73.8. The van der Waals surface area contributed by atoms with Crippen LogP contribution in [0.1, 0.15) is 47.2 Å². The number of piperazine rings is 1. The number of ether oxygens (including phenoxy) is 1. The molecule has 48 heavy (non-hydrogen) atoms. The minimum atomic E-state index is -4.59. The van der Waals surface area contributed by atoms with Crippen molar-refractivity contribution in [2.75, 3.05) is 57.8 Å². The van der Waals surface area contributed by atoms with E-state index in [2.05, 4.69) is 15.6 Å². The number of aromatic nitrogens is 1. The summed E-state index contributed by atoms with van der Waals surface area (Å²) in [4.78, 5) is 18.0. The summed E-state index contributed by atoms with van der Waals surface area (Å²) >= 11 is 5.84. The van der Waals surface area contributed by atoms with Crippen LogP contribution in [0.5, 0.6) is 5.75 Å². The first-order valence-corrected chi connectivity index (χ1v) is 17.7. The number of alkyl halides is 3. The summed E-state index contributed by atoms with van der Waals surface area (Å²) in [5, 5.41) is 6.55. The number of sulfonamides is 1. The van der Waals surface area contributed by atoms with Gasteiger partial charge in [-0.25, -0.2) is 13.4 Å². The molecule has 0 aliphatic carbocycles. The summed E-state index contributed by atoms with van der Waals surface area (Å²) in [6, 6.07) is 11.6. The van der Waals surface area contributed by atoms with E-state index >= 15 is 0 Å². The number of carbonyl (C=O) groups is 1. The second kappa shape index (κ2) is 15.4. The van der Waals surface area contributed by atoms with E-state index in [0.29, 0.717) is 23.4 Å². The van der Waals surface area contributed by atoms with Crippen LogP contribution >= 0.6 is 11.6 Å². The largest absolute Gasteiger partial charge is 0.495 e. The molecule has 2 fully saturated rings. The van der Waals surface area contributed by atoms with Gasteiger partial charge in [0.05, 0.1) is 23.1 Å². The van der Waals surface area contributed by atoms with Crippen LogP contribution in [0.2, 0.25) is 5.15 Å². The molecule has 3 aromatic rings. The number of nitrogens with zero attached hydrogens (tertiary/aromatic N) is 3. The third kappa shape index (κ3) is 8.58. The molecular weight excluding hydrogens is 669 g/mol. The van der Waals surface area contributed by atoms with Crippen molar-refractivity contribution in [3.8, 4) is 16.9 Å². The molecule has 0 radical (unpaired) electrons. The molecule has 260 valence electrons. The Morgan fingerprint density at radius 1 is 1.08 bits per heavy atom. The molecule has 15 heteroatoms. The highest BCUT2D eigenvalue weighted by Gasteiger charge is 2.34. The van der Waals surface area contributed by atoms with E-state index in [1.165, 1.54) is 42.8 Å². The van der Waals surface area contributed by atoms with Crippen molar-refractivity contribution in [3.63, 3.8) is 0 Å². The lowest BCUT2D eigenvalue weighted by Gasteiger charge is -2.35. The third-order valence-corrected chi connectivity index (χ3v) is 11.0. The Bertz CT molecular complexity index is 1690. The molecule has 1 aromatic heterocycles. The number of methoxy groups -OCH3 is 1. The standard InChI is InChI=1S/C33H40ClF3N6O4S/c1-47-31-27(17-23(18-28(31)32(38)44)21-40-10-2-3-22-8-11-39-12-9-22)24-4-6-26(7-5-24)48(45,46)43-15-13-42(14-16-43)30-20-25(33(35,36)37)19-29(34)41-30/h4-7,17-20,22,39-40H,2-3,8-16,21H2,1H3,(H2,38,44). The summed E-state index contributed by atoms with van der Waals surface area (Å²) in [6.45, 7) is 3.86. The summed E-state index contributed by atoms with van der Waals surface area (Å²) in [6.07, 6.45) is 0.0444. The van der Waals surface area contributed by atoms with Crippen LogP contribution in [-0.2, 0) is 22.7 Å². The lowest BCUT2D eigenvalue weighted by atomic mass is 9.93. The first-order chi connectivity index (χ1) is 22.9. The van der Waals surface area contributed by atoms with Crippen molar-refractivity contribution in [1.29, 1.82) is 0 Å². The average molecular weight is 709 g/mol. The van der Waals surface area contributed by atoms with Gasteiger partial charge in [-0.15, -0.1) is 0 Å². The Hall–Kier alpha value is -3.43. The zero-order valence-electron chi connectivity index (χ0n) is 26.7. The normalized spacial score (nSPS) is 16.6. The zero-order valence-corrected chi connectivity index (χ0v) is 28.2. The van der Waals surface area contributed by atoms with E-state index in [0.717, 1.165) is 49.7 Å². The quantitative estimate of drug-likeness (QED) is 0.179. The van der Waals surface area contributed by atoms with Crippen LogP contribution in [0, 0.1) is 5.92 Å². The maximum absolute atomic E-state index is 13.5. The Morgan fingerprint density at radius 3 is 2.40 bits per heavy atom. The summed E-state index contributed by atoms with van der Waals surface area (Å²) in [5.41, 5.74) is 7.11. The molecule has 5 rings (SSSR count). The van der Waals surface area contributed by atoms with Crippen LogP contribution in [0.25, 0.3) is 11.1 Å². The molecule has 2 aromatic carbocycles. The van der Waals surface area contributed by atoms with Gasteiger partial charge in [0.25, 0.3) is 5.91 Å². The van der Waals surface area contributed by atoms with Gasteiger partial charge in [-0.2, -0.15) is 17.5 Å². The summed E-state index contributed by atoms with van der Waals surface area (Å²) in [7, 11) is -2.47. The molecule has 2 saturated heterocycles. The van der Waals surface area contributed by atoms with Crippen LogP contribution in [0.4, 0.5) is 19.0 Å². The second-order valence-electron chi connectivity index (χ2n) is 12.1. The highest BCUT2D eigenvalue weighted by Crippen LogP contribution is 2.36. The fraction of sp³-hybridized carbons (Fsp3) is 0.455. The van der Waals surface area contributed by atoms with Crippen LogP contribution in [0.15, 0.2) is 53.4 Å². The van der Waals surface area contributed by atoms with Crippen LogP contribution in [-0.4, -0.2) is 76.5 Å². The molecule has 2 aliphatic rings. The Morgan fingerprint density at radius 2 is 1.77 bits per heavy atom. The first-order valence-electron chi connectivity index (χ1n) is 15.9. The highest BCUT2D eigenvalue weighted by atomic mass is 35.5. The molecule has 0 saturated carbocycles. The van der Waals surface area contributed by atoms with Gasteiger partial charge in [-0.3, -0.25) is 4.79 Å². The van der Waals surface area contributed by atoms with Gasteiger partial charge in [0.1, 0.15) is 16.7 Å². The number of anilines is 1. The molecule has 2 aliphatic heterocycles. The van der Waals surface area contributed by atoms with Crippen molar-refractivity contribution in [3.05, 3.63) is 70.4 Å².